The Morgan fingerprint density at radius 3 is 2.70 bits per heavy atom. The number of hydrogen-bond acceptors (Lipinski definition) is 4. The second-order valence-corrected chi connectivity index (χ2v) is 4.73. The zero-order chi connectivity index (χ0) is 14.4. The predicted molar refractivity (Wildman–Crippen MR) is 78.9 cm³/mol. The third-order valence-electron chi connectivity index (χ3n) is 3.07. The molecule has 0 saturated carbocycles. The molecule has 2 rings (SSSR count). The highest BCUT2D eigenvalue weighted by molar-refractivity contribution is 5.27. The Bertz CT molecular complexity index is 521. The van der Waals surface area contributed by atoms with Crippen LogP contribution in [-0.2, 0) is 6.54 Å². The molecule has 0 bridgehead atoms. The molecule has 2 aromatic rings. The molecule has 2 aromatic heterocycles. The van der Waals surface area contributed by atoms with Crippen molar-refractivity contribution in [2.75, 3.05) is 6.54 Å². The quantitative estimate of drug-likeness (QED) is 0.842. The number of pyridine rings is 1. The standard InChI is InChI=1S/C15H22N4O/c1-4-8-16-12(3)15-7-6-13(9-17-15)20-14-10-18-19(5-2)11-14/h6-7,9-12,16H,4-5,8H2,1-3H3. The average Bonchev–Trinajstić information content (AvgIpc) is 2.93. The lowest BCUT2D eigenvalue weighted by molar-refractivity contribution is 0.476. The van der Waals surface area contributed by atoms with Crippen LogP contribution in [0.25, 0.3) is 0 Å². The van der Waals surface area contributed by atoms with Crippen molar-refractivity contribution in [3.63, 3.8) is 0 Å². The van der Waals surface area contributed by atoms with Crippen molar-refractivity contribution in [2.45, 2.75) is 39.8 Å². The van der Waals surface area contributed by atoms with Gasteiger partial charge in [-0.15, -0.1) is 0 Å². The molecule has 0 spiro atoms. The molecule has 2 heterocycles. The van der Waals surface area contributed by atoms with Gasteiger partial charge in [0.05, 0.1) is 24.3 Å². The summed E-state index contributed by atoms with van der Waals surface area (Å²) in [4.78, 5) is 4.44. The topological polar surface area (TPSA) is 52.0 Å². The van der Waals surface area contributed by atoms with Gasteiger partial charge >= 0.3 is 0 Å². The summed E-state index contributed by atoms with van der Waals surface area (Å²) in [6.45, 7) is 8.14. The van der Waals surface area contributed by atoms with E-state index in [1.54, 1.807) is 12.4 Å². The fourth-order valence-corrected chi connectivity index (χ4v) is 1.88. The number of aryl methyl sites for hydroxylation is 1. The van der Waals surface area contributed by atoms with Crippen molar-refractivity contribution in [3.8, 4) is 11.5 Å². The molecule has 1 unspecified atom stereocenters. The Morgan fingerprint density at radius 2 is 2.10 bits per heavy atom. The van der Waals surface area contributed by atoms with E-state index in [0.29, 0.717) is 0 Å². The van der Waals surface area contributed by atoms with E-state index >= 15 is 0 Å². The highest BCUT2D eigenvalue weighted by atomic mass is 16.5. The molecule has 0 fully saturated rings. The lowest BCUT2D eigenvalue weighted by Crippen LogP contribution is -2.20. The summed E-state index contributed by atoms with van der Waals surface area (Å²) in [7, 11) is 0. The van der Waals surface area contributed by atoms with Crippen LogP contribution in [0.4, 0.5) is 0 Å². The zero-order valence-electron chi connectivity index (χ0n) is 12.3. The maximum atomic E-state index is 5.71. The van der Waals surface area contributed by atoms with Crippen LogP contribution < -0.4 is 10.1 Å². The van der Waals surface area contributed by atoms with Crippen LogP contribution in [0.5, 0.6) is 11.5 Å². The highest BCUT2D eigenvalue weighted by Gasteiger charge is 2.06. The van der Waals surface area contributed by atoms with Gasteiger partial charge < -0.3 is 10.1 Å². The number of hydrogen-bond donors (Lipinski definition) is 1. The van der Waals surface area contributed by atoms with E-state index in [9.17, 15) is 0 Å². The second-order valence-electron chi connectivity index (χ2n) is 4.73. The fraction of sp³-hybridized carbons (Fsp3) is 0.467. The number of nitrogens with one attached hydrogen (secondary N) is 1. The van der Waals surface area contributed by atoms with Crippen molar-refractivity contribution < 1.29 is 4.74 Å². The van der Waals surface area contributed by atoms with E-state index in [1.165, 1.54) is 0 Å². The van der Waals surface area contributed by atoms with Gasteiger partial charge in [-0.05, 0) is 38.9 Å². The van der Waals surface area contributed by atoms with Gasteiger partial charge in [-0.25, -0.2) is 0 Å². The molecule has 5 heteroatoms. The van der Waals surface area contributed by atoms with Gasteiger partial charge in [-0.3, -0.25) is 9.67 Å². The van der Waals surface area contributed by atoms with E-state index in [-0.39, 0.29) is 6.04 Å². The summed E-state index contributed by atoms with van der Waals surface area (Å²) in [5.41, 5.74) is 1.02. The van der Waals surface area contributed by atoms with Crippen LogP contribution in [0.2, 0.25) is 0 Å². The maximum absolute atomic E-state index is 5.71. The van der Waals surface area contributed by atoms with Crippen LogP contribution in [0, 0.1) is 0 Å². The van der Waals surface area contributed by atoms with E-state index in [4.69, 9.17) is 4.74 Å². The molecule has 0 radical (unpaired) electrons. The largest absolute Gasteiger partial charge is 0.452 e. The smallest absolute Gasteiger partial charge is 0.165 e. The van der Waals surface area contributed by atoms with Crippen LogP contribution in [0.1, 0.15) is 38.9 Å². The van der Waals surface area contributed by atoms with Gasteiger partial charge in [-0.1, -0.05) is 6.92 Å². The predicted octanol–water partition coefficient (Wildman–Crippen LogP) is 3.15. The van der Waals surface area contributed by atoms with Crippen LogP contribution in [0.3, 0.4) is 0 Å². The number of ether oxygens (including phenoxy) is 1. The Labute approximate surface area is 120 Å². The van der Waals surface area contributed by atoms with Gasteiger partial charge in [0.1, 0.15) is 5.75 Å². The molecule has 0 aliphatic heterocycles. The van der Waals surface area contributed by atoms with Gasteiger partial charge in [0.15, 0.2) is 5.75 Å². The first-order valence-electron chi connectivity index (χ1n) is 7.12. The molecule has 0 amide bonds. The summed E-state index contributed by atoms with van der Waals surface area (Å²) in [6, 6.07) is 4.19. The minimum absolute atomic E-state index is 0.256. The van der Waals surface area contributed by atoms with Crippen LogP contribution >= 0.6 is 0 Å². The molecular weight excluding hydrogens is 252 g/mol. The van der Waals surface area contributed by atoms with E-state index in [0.717, 1.165) is 36.7 Å². The van der Waals surface area contributed by atoms with Crippen molar-refractivity contribution in [2.24, 2.45) is 0 Å². The molecule has 1 atom stereocenters. The summed E-state index contributed by atoms with van der Waals surface area (Å²) in [6.07, 6.45) is 6.46. The zero-order valence-corrected chi connectivity index (χ0v) is 12.3. The van der Waals surface area contributed by atoms with Crippen molar-refractivity contribution >= 4 is 0 Å². The summed E-state index contributed by atoms with van der Waals surface area (Å²) < 4.78 is 7.54. The van der Waals surface area contributed by atoms with Gasteiger partial charge in [0, 0.05) is 12.6 Å². The average molecular weight is 274 g/mol. The van der Waals surface area contributed by atoms with Crippen molar-refractivity contribution in [1.29, 1.82) is 0 Å². The Kier molecular flexibility index (Phi) is 5.12. The maximum Gasteiger partial charge on any atom is 0.165 e. The Balaban J connectivity index is 1.97. The Morgan fingerprint density at radius 1 is 1.25 bits per heavy atom. The molecule has 108 valence electrons. The SMILES string of the molecule is CCCNC(C)c1ccc(Oc2cnn(CC)c2)cn1. The minimum atomic E-state index is 0.256. The normalized spacial score (nSPS) is 12.3. The molecule has 5 nitrogen and oxygen atoms in total. The minimum Gasteiger partial charge on any atom is -0.452 e. The first kappa shape index (κ1) is 14.5. The summed E-state index contributed by atoms with van der Waals surface area (Å²) in [5.74, 6) is 1.46. The molecule has 0 aliphatic carbocycles. The lowest BCUT2D eigenvalue weighted by atomic mass is 10.2. The fourth-order valence-electron chi connectivity index (χ4n) is 1.88. The monoisotopic (exact) mass is 274 g/mol. The second kappa shape index (κ2) is 7.05. The van der Waals surface area contributed by atoms with E-state index in [1.807, 2.05) is 29.9 Å². The summed E-state index contributed by atoms with van der Waals surface area (Å²) >= 11 is 0. The van der Waals surface area contributed by atoms with Crippen LogP contribution in [-0.4, -0.2) is 21.3 Å². The first-order valence-corrected chi connectivity index (χ1v) is 7.12. The van der Waals surface area contributed by atoms with Crippen molar-refractivity contribution in [3.05, 3.63) is 36.4 Å². The molecule has 20 heavy (non-hydrogen) atoms. The first-order chi connectivity index (χ1) is 9.72. The van der Waals surface area contributed by atoms with Crippen LogP contribution in [0.15, 0.2) is 30.7 Å². The van der Waals surface area contributed by atoms with E-state index < -0.39 is 0 Å². The molecule has 0 aromatic carbocycles. The lowest BCUT2D eigenvalue weighted by Gasteiger charge is -2.12. The third kappa shape index (κ3) is 3.81. The van der Waals surface area contributed by atoms with Gasteiger partial charge in [0.25, 0.3) is 0 Å². The molecular formula is C15H22N4O. The third-order valence-corrected chi connectivity index (χ3v) is 3.07. The van der Waals surface area contributed by atoms with E-state index in [2.05, 4.69) is 29.2 Å². The molecule has 0 saturated heterocycles. The number of aromatic nitrogens is 3. The summed E-state index contributed by atoms with van der Waals surface area (Å²) in [5, 5.41) is 7.58. The van der Waals surface area contributed by atoms with Crippen molar-refractivity contribution in [1.82, 2.24) is 20.1 Å². The van der Waals surface area contributed by atoms with Gasteiger partial charge in [-0.2, -0.15) is 5.10 Å². The molecule has 0 aliphatic rings. The molecule has 1 N–H and O–H groups in total. The highest BCUT2D eigenvalue weighted by Crippen LogP contribution is 2.21. The Hall–Kier alpha value is -1.88. The number of nitrogens with zero attached hydrogens (tertiary/aromatic N) is 3. The number of rotatable bonds is 7. The van der Waals surface area contributed by atoms with Gasteiger partial charge in [0.2, 0.25) is 0 Å².